The summed E-state index contributed by atoms with van der Waals surface area (Å²) in [6.45, 7) is 6.85. The normalized spacial score (nSPS) is 21.0. The number of aromatic nitrogens is 2. The van der Waals surface area contributed by atoms with Gasteiger partial charge in [0, 0.05) is 37.4 Å². The number of hydrogen-bond donors (Lipinski definition) is 1. The predicted octanol–water partition coefficient (Wildman–Crippen LogP) is 3.09. The van der Waals surface area contributed by atoms with Crippen LogP contribution in [0.5, 0.6) is 0 Å². The average molecular weight is 289 g/mol. The van der Waals surface area contributed by atoms with Gasteiger partial charge in [-0.1, -0.05) is 19.3 Å². The zero-order valence-corrected chi connectivity index (χ0v) is 13.3. The van der Waals surface area contributed by atoms with Crippen LogP contribution in [0.25, 0.3) is 0 Å². The number of nitrogens with one attached hydrogen (secondary N) is 1. The Morgan fingerprint density at radius 1 is 1.24 bits per heavy atom. The van der Waals surface area contributed by atoms with Crippen LogP contribution in [0, 0.1) is 12.8 Å². The van der Waals surface area contributed by atoms with Gasteiger partial charge in [-0.2, -0.15) is 0 Å². The van der Waals surface area contributed by atoms with Gasteiger partial charge in [-0.15, -0.1) is 0 Å². The predicted molar refractivity (Wildman–Crippen MR) is 83.1 cm³/mol. The maximum atomic E-state index is 6.07. The van der Waals surface area contributed by atoms with Crippen molar-refractivity contribution in [1.82, 2.24) is 15.3 Å². The molecular formula is C17H27N3O. The van der Waals surface area contributed by atoms with E-state index in [0.29, 0.717) is 5.92 Å². The molecule has 2 heterocycles. The molecule has 3 rings (SSSR count). The van der Waals surface area contributed by atoms with E-state index in [1.54, 1.807) is 0 Å². The van der Waals surface area contributed by atoms with Crippen LogP contribution in [0.1, 0.15) is 67.9 Å². The summed E-state index contributed by atoms with van der Waals surface area (Å²) in [5.41, 5.74) is 3.66. The number of fused-ring (bicyclic) bond motifs is 1. The van der Waals surface area contributed by atoms with E-state index in [-0.39, 0.29) is 6.10 Å². The standard InChI is InChI=1S/C17H27N3O/c1-3-21-16(13-7-5-4-6-8-13)17-19-12(2)14-11-18-10-9-15(14)20-17/h13,16,18H,3-11H2,1-2H3. The monoisotopic (exact) mass is 289 g/mol. The van der Waals surface area contributed by atoms with E-state index < -0.39 is 0 Å². The molecule has 1 atom stereocenters. The summed E-state index contributed by atoms with van der Waals surface area (Å²) < 4.78 is 6.07. The highest BCUT2D eigenvalue weighted by Gasteiger charge is 2.29. The minimum atomic E-state index is 0.0918. The molecule has 0 saturated heterocycles. The number of rotatable bonds is 4. The van der Waals surface area contributed by atoms with E-state index in [1.807, 2.05) is 0 Å². The molecule has 1 saturated carbocycles. The molecule has 1 fully saturated rings. The van der Waals surface area contributed by atoms with Crippen molar-refractivity contribution in [2.75, 3.05) is 13.2 Å². The number of nitrogens with zero attached hydrogens (tertiary/aromatic N) is 2. The quantitative estimate of drug-likeness (QED) is 0.925. The molecule has 0 bridgehead atoms. The van der Waals surface area contributed by atoms with E-state index in [4.69, 9.17) is 14.7 Å². The Morgan fingerprint density at radius 2 is 2.05 bits per heavy atom. The zero-order valence-electron chi connectivity index (χ0n) is 13.3. The lowest BCUT2D eigenvalue weighted by atomic mass is 9.84. The Labute approximate surface area is 127 Å². The highest BCUT2D eigenvalue weighted by molar-refractivity contribution is 5.28. The summed E-state index contributed by atoms with van der Waals surface area (Å²) >= 11 is 0. The first-order valence-corrected chi connectivity index (χ1v) is 8.48. The van der Waals surface area contributed by atoms with Gasteiger partial charge in [0.15, 0.2) is 5.82 Å². The molecule has 1 aromatic rings. The second kappa shape index (κ2) is 6.84. The van der Waals surface area contributed by atoms with Crippen molar-refractivity contribution in [3.8, 4) is 0 Å². The largest absolute Gasteiger partial charge is 0.370 e. The van der Waals surface area contributed by atoms with E-state index >= 15 is 0 Å². The molecule has 0 radical (unpaired) electrons. The van der Waals surface area contributed by atoms with E-state index in [1.165, 1.54) is 43.4 Å². The van der Waals surface area contributed by atoms with Gasteiger partial charge in [-0.3, -0.25) is 0 Å². The van der Waals surface area contributed by atoms with Crippen molar-refractivity contribution in [1.29, 1.82) is 0 Å². The molecule has 0 spiro atoms. The van der Waals surface area contributed by atoms with Gasteiger partial charge in [0.25, 0.3) is 0 Å². The van der Waals surface area contributed by atoms with Crippen molar-refractivity contribution in [3.05, 3.63) is 22.8 Å². The van der Waals surface area contributed by atoms with Gasteiger partial charge in [0.2, 0.25) is 0 Å². The molecule has 116 valence electrons. The lowest BCUT2D eigenvalue weighted by Gasteiger charge is -2.30. The van der Waals surface area contributed by atoms with Gasteiger partial charge in [-0.05, 0) is 32.6 Å². The third-order valence-electron chi connectivity index (χ3n) is 4.84. The summed E-state index contributed by atoms with van der Waals surface area (Å²) in [6, 6.07) is 0. The molecule has 2 aliphatic rings. The fourth-order valence-electron chi connectivity index (χ4n) is 3.70. The molecular weight excluding hydrogens is 262 g/mol. The van der Waals surface area contributed by atoms with Crippen molar-refractivity contribution in [2.45, 2.75) is 65.0 Å². The summed E-state index contributed by atoms with van der Waals surface area (Å²) in [6.07, 6.45) is 7.62. The maximum Gasteiger partial charge on any atom is 0.157 e. The minimum Gasteiger partial charge on any atom is -0.370 e. The molecule has 1 aromatic heterocycles. The molecule has 0 aromatic carbocycles. The molecule has 4 heteroatoms. The Balaban J connectivity index is 1.89. The highest BCUT2D eigenvalue weighted by Crippen LogP contribution is 2.36. The number of hydrogen-bond acceptors (Lipinski definition) is 4. The van der Waals surface area contributed by atoms with Crippen LogP contribution in [0.4, 0.5) is 0 Å². The third-order valence-corrected chi connectivity index (χ3v) is 4.84. The van der Waals surface area contributed by atoms with E-state index in [0.717, 1.165) is 37.6 Å². The molecule has 1 unspecified atom stereocenters. The second-order valence-electron chi connectivity index (χ2n) is 6.29. The Morgan fingerprint density at radius 3 is 2.81 bits per heavy atom. The number of ether oxygens (including phenoxy) is 1. The van der Waals surface area contributed by atoms with E-state index in [2.05, 4.69) is 19.2 Å². The van der Waals surface area contributed by atoms with Crippen LogP contribution in [-0.2, 0) is 17.7 Å². The fourth-order valence-corrected chi connectivity index (χ4v) is 3.70. The first kappa shape index (κ1) is 14.9. The minimum absolute atomic E-state index is 0.0918. The molecule has 21 heavy (non-hydrogen) atoms. The van der Waals surface area contributed by atoms with E-state index in [9.17, 15) is 0 Å². The molecule has 4 nitrogen and oxygen atoms in total. The van der Waals surface area contributed by atoms with Gasteiger partial charge < -0.3 is 10.1 Å². The van der Waals surface area contributed by atoms with Gasteiger partial charge in [0.05, 0.1) is 5.69 Å². The number of aryl methyl sites for hydroxylation is 1. The van der Waals surface area contributed by atoms with Crippen LogP contribution >= 0.6 is 0 Å². The first-order valence-electron chi connectivity index (χ1n) is 8.48. The van der Waals surface area contributed by atoms with Crippen molar-refractivity contribution in [3.63, 3.8) is 0 Å². The average Bonchev–Trinajstić information content (AvgIpc) is 2.53. The SMILES string of the molecule is CCOC(c1nc(C)c2c(n1)CCNC2)C1CCCCC1. The van der Waals surface area contributed by atoms with Gasteiger partial charge >= 0.3 is 0 Å². The Kier molecular flexibility index (Phi) is 4.86. The van der Waals surface area contributed by atoms with Crippen molar-refractivity contribution in [2.24, 2.45) is 5.92 Å². The summed E-state index contributed by atoms with van der Waals surface area (Å²) in [5, 5.41) is 3.41. The first-order chi connectivity index (χ1) is 10.3. The van der Waals surface area contributed by atoms with Crippen LogP contribution < -0.4 is 5.32 Å². The fraction of sp³-hybridized carbons (Fsp3) is 0.765. The highest BCUT2D eigenvalue weighted by atomic mass is 16.5. The summed E-state index contributed by atoms with van der Waals surface area (Å²) in [5.74, 6) is 1.53. The Bertz CT molecular complexity index is 483. The zero-order chi connectivity index (χ0) is 14.7. The maximum absolute atomic E-state index is 6.07. The van der Waals surface area contributed by atoms with Crippen LogP contribution in [0.2, 0.25) is 0 Å². The second-order valence-corrected chi connectivity index (χ2v) is 6.29. The van der Waals surface area contributed by atoms with Crippen LogP contribution in [0.15, 0.2) is 0 Å². The molecule has 1 N–H and O–H groups in total. The smallest absolute Gasteiger partial charge is 0.157 e. The van der Waals surface area contributed by atoms with Crippen LogP contribution in [-0.4, -0.2) is 23.1 Å². The van der Waals surface area contributed by atoms with Crippen LogP contribution in [0.3, 0.4) is 0 Å². The molecule has 1 aliphatic heterocycles. The molecule has 1 aliphatic carbocycles. The van der Waals surface area contributed by atoms with Crippen molar-refractivity contribution < 1.29 is 4.74 Å². The lowest BCUT2D eigenvalue weighted by molar-refractivity contribution is -0.000487. The summed E-state index contributed by atoms with van der Waals surface area (Å²) in [4.78, 5) is 9.70. The van der Waals surface area contributed by atoms with Gasteiger partial charge in [-0.25, -0.2) is 9.97 Å². The lowest BCUT2D eigenvalue weighted by Crippen LogP contribution is -2.28. The van der Waals surface area contributed by atoms with Gasteiger partial charge in [0.1, 0.15) is 6.10 Å². The third kappa shape index (κ3) is 3.27. The Hall–Kier alpha value is -1.00. The summed E-state index contributed by atoms with van der Waals surface area (Å²) in [7, 11) is 0. The topological polar surface area (TPSA) is 47.0 Å². The molecule has 0 amide bonds. The van der Waals surface area contributed by atoms with Crippen molar-refractivity contribution >= 4 is 0 Å².